The van der Waals surface area contributed by atoms with Crippen LogP contribution in [0.1, 0.15) is 84.7 Å². The molecule has 0 atom stereocenters. The standard InChI is InChI=1S/C23H31N3O2/c1-3-26-12-10-16(11-13-26)18-8-9-19(20(14-18)17-6-4-5-7-17)21-15(2)28-25-22(21)23(24)27/h8-9,14,16-17H,3-7,10-13H2,1-2H3,(H2,24,27). The van der Waals surface area contributed by atoms with E-state index in [1.807, 2.05) is 6.92 Å². The monoisotopic (exact) mass is 381 g/mol. The summed E-state index contributed by atoms with van der Waals surface area (Å²) in [6.45, 7) is 7.60. The summed E-state index contributed by atoms with van der Waals surface area (Å²) in [5.74, 6) is 1.30. The predicted molar refractivity (Wildman–Crippen MR) is 110 cm³/mol. The van der Waals surface area contributed by atoms with E-state index in [9.17, 15) is 4.79 Å². The van der Waals surface area contributed by atoms with E-state index in [2.05, 4.69) is 35.2 Å². The molecule has 1 amide bonds. The van der Waals surface area contributed by atoms with Gasteiger partial charge >= 0.3 is 0 Å². The van der Waals surface area contributed by atoms with Gasteiger partial charge in [0.2, 0.25) is 0 Å². The minimum absolute atomic E-state index is 0.251. The zero-order chi connectivity index (χ0) is 19.7. The summed E-state index contributed by atoms with van der Waals surface area (Å²) < 4.78 is 5.34. The van der Waals surface area contributed by atoms with E-state index in [-0.39, 0.29) is 5.69 Å². The normalized spacial score (nSPS) is 19.4. The largest absolute Gasteiger partial charge is 0.364 e. The molecule has 2 N–H and O–H groups in total. The smallest absolute Gasteiger partial charge is 0.271 e. The van der Waals surface area contributed by atoms with Gasteiger partial charge in [0.25, 0.3) is 5.91 Å². The number of piperidine rings is 1. The topological polar surface area (TPSA) is 72.4 Å². The number of primary amides is 1. The van der Waals surface area contributed by atoms with E-state index in [0.717, 1.165) is 17.7 Å². The Labute approximate surface area is 167 Å². The number of carbonyl (C=O) groups is 1. The maximum absolute atomic E-state index is 11.9. The van der Waals surface area contributed by atoms with Crippen molar-refractivity contribution in [1.29, 1.82) is 0 Å². The summed E-state index contributed by atoms with van der Waals surface area (Å²) >= 11 is 0. The Balaban J connectivity index is 1.73. The third kappa shape index (κ3) is 3.60. The number of rotatable bonds is 5. The van der Waals surface area contributed by atoms with E-state index in [4.69, 9.17) is 10.3 Å². The van der Waals surface area contributed by atoms with Crippen LogP contribution in [0.5, 0.6) is 0 Å². The molecule has 28 heavy (non-hydrogen) atoms. The molecule has 2 aromatic rings. The summed E-state index contributed by atoms with van der Waals surface area (Å²) in [4.78, 5) is 14.4. The van der Waals surface area contributed by atoms with E-state index < -0.39 is 5.91 Å². The summed E-state index contributed by atoms with van der Waals surface area (Å²) in [6.07, 6.45) is 7.40. The van der Waals surface area contributed by atoms with Crippen molar-refractivity contribution in [2.45, 2.75) is 64.2 Å². The van der Waals surface area contributed by atoms with Crippen molar-refractivity contribution in [1.82, 2.24) is 10.1 Å². The van der Waals surface area contributed by atoms with Gasteiger partial charge in [-0.2, -0.15) is 0 Å². The van der Waals surface area contributed by atoms with Crippen molar-refractivity contribution in [2.75, 3.05) is 19.6 Å². The van der Waals surface area contributed by atoms with Crippen LogP contribution in [-0.4, -0.2) is 35.6 Å². The molecule has 4 rings (SSSR count). The van der Waals surface area contributed by atoms with Gasteiger partial charge < -0.3 is 15.2 Å². The molecule has 150 valence electrons. The van der Waals surface area contributed by atoms with Crippen LogP contribution in [0.3, 0.4) is 0 Å². The lowest BCUT2D eigenvalue weighted by Crippen LogP contribution is -2.32. The van der Waals surface area contributed by atoms with Crippen LogP contribution in [0.4, 0.5) is 0 Å². The van der Waals surface area contributed by atoms with Gasteiger partial charge in [-0.1, -0.05) is 43.1 Å². The molecule has 1 aromatic carbocycles. The van der Waals surface area contributed by atoms with Gasteiger partial charge in [0.1, 0.15) is 5.76 Å². The van der Waals surface area contributed by atoms with Crippen LogP contribution >= 0.6 is 0 Å². The van der Waals surface area contributed by atoms with E-state index in [0.29, 0.717) is 17.6 Å². The molecule has 5 heteroatoms. The SMILES string of the molecule is CCN1CCC(c2ccc(-c3c(C(N)=O)noc3C)c(C3CCCC3)c2)CC1. The van der Waals surface area contributed by atoms with Gasteiger partial charge in [0, 0.05) is 0 Å². The average Bonchev–Trinajstić information content (AvgIpc) is 3.37. The Hall–Kier alpha value is -2.14. The molecule has 2 aliphatic rings. The number of benzene rings is 1. The molecule has 0 radical (unpaired) electrons. The highest BCUT2D eigenvalue weighted by Gasteiger charge is 2.28. The lowest BCUT2D eigenvalue weighted by atomic mass is 9.82. The van der Waals surface area contributed by atoms with Crippen LogP contribution in [-0.2, 0) is 0 Å². The quantitative estimate of drug-likeness (QED) is 0.821. The fourth-order valence-electron chi connectivity index (χ4n) is 5.08. The first-order valence-corrected chi connectivity index (χ1v) is 10.7. The number of likely N-dealkylation sites (tertiary alicyclic amines) is 1. The van der Waals surface area contributed by atoms with Crippen LogP contribution in [0.15, 0.2) is 22.7 Å². The summed E-state index contributed by atoms with van der Waals surface area (Å²) in [5.41, 5.74) is 10.5. The van der Waals surface area contributed by atoms with Crippen LogP contribution < -0.4 is 5.73 Å². The van der Waals surface area contributed by atoms with Crippen molar-refractivity contribution >= 4 is 5.91 Å². The Morgan fingerprint density at radius 1 is 1.18 bits per heavy atom. The fourth-order valence-corrected chi connectivity index (χ4v) is 5.08. The molecule has 0 spiro atoms. The molecule has 2 fully saturated rings. The molecule has 2 heterocycles. The van der Waals surface area contributed by atoms with Crippen molar-refractivity contribution < 1.29 is 9.32 Å². The number of aromatic nitrogens is 1. The minimum Gasteiger partial charge on any atom is -0.364 e. The lowest BCUT2D eigenvalue weighted by Gasteiger charge is -2.32. The Kier molecular flexibility index (Phi) is 5.54. The molecule has 5 nitrogen and oxygen atoms in total. The van der Waals surface area contributed by atoms with Crippen molar-refractivity contribution in [3.63, 3.8) is 0 Å². The summed E-state index contributed by atoms with van der Waals surface area (Å²) in [6, 6.07) is 6.84. The van der Waals surface area contributed by atoms with Gasteiger partial charge in [-0.15, -0.1) is 0 Å². The number of hydrogen-bond acceptors (Lipinski definition) is 4. The van der Waals surface area contributed by atoms with Crippen molar-refractivity contribution in [3.05, 3.63) is 40.8 Å². The second-order valence-corrected chi connectivity index (χ2v) is 8.36. The van der Waals surface area contributed by atoms with Gasteiger partial charge in [-0.3, -0.25) is 4.79 Å². The highest BCUT2D eigenvalue weighted by Crippen LogP contribution is 2.43. The third-order valence-corrected chi connectivity index (χ3v) is 6.74. The third-order valence-electron chi connectivity index (χ3n) is 6.74. The molecular formula is C23H31N3O2. The van der Waals surface area contributed by atoms with Gasteiger partial charge in [-0.05, 0) is 80.8 Å². The second-order valence-electron chi connectivity index (χ2n) is 8.36. The number of amides is 1. The first-order chi connectivity index (χ1) is 13.6. The molecule has 1 aromatic heterocycles. The van der Waals surface area contributed by atoms with Gasteiger partial charge in [0.15, 0.2) is 5.69 Å². The molecule has 1 aliphatic carbocycles. The molecule has 1 saturated heterocycles. The van der Waals surface area contributed by atoms with Gasteiger partial charge in [-0.25, -0.2) is 0 Å². The van der Waals surface area contributed by atoms with Crippen LogP contribution in [0, 0.1) is 6.92 Å². The lowest BCUT2D eigenvalue weighted by molar-refractivity contribution is 0.0992. The van der Waals surface area contributed by atoms with Crippen molar-refractivity contribution in [3.8, 4) is 11.1 Å². The van der Waals surface area contributed by atoms with E-state index >= 15 is 0 Å². The number of hydrogen-bond donors (Lipinski definition) is 1. The average molecular weight is 382 g/mol. The Bertz CT molecular complexity index is 844. The van der Waals surface area contributed by atoms with E-state index in [1.54, 1.807) is 0 Å². The molecule has 0 unspecified atom stereocenters. The first kappa shape index (κ1) is 19.2. The summed E-state index contributed by atoms with van der Waals surface area (Å²) in [5, 5.41) is 3.93. The molecule has 0 bridgehead atoms. The summed E-state index contributed by atoms with van der Waals surface area (Å²) in [7, 11) is 0. The predicted octanol–water partition coefficient (Wildman–Crippen LogP) is 4.61. The molecule has 1 saturated carbocycles. The number of nitrogens with zero attached hydrogens (tertiary/aromatic N) is 2. The molecular weight excluding hydrogens is 350 g/mol. The highest BCUT2D eigenvalue weighted by atomic mass is 16.5. The number of aryl methyl sites for hydroxylation is 1. The second kappa shape index (κ2) is 8.08. The van der Waals surface area contributed by atoms with Crippen molar-refractivity contribution in [2.24, 2.45) is 5.73 Å². The minimum atomic E-state index is -0.528. The number of carbonyl (C=O) groups excluding carboxylic acids is 1. The zero-order valence-corrected chi connectivity index (χ0v) is 17.0. The molecule has 1 aliphatic heterocycles. The maximum Gasteiger partial charge on any atom is 0.271 e. The Morgan fingerprint density at radius 2 is 1.89 bits per heavy atom. The number of nitrogens with two attached hydrogens (primary N) is 1. The van der Waals surface area contributed by atoms with Gasteiger partial charge in [0.05, 0.1) is 5.56 Å². The van der Waals surface area contributed by atoms with Crippen LogP contribution in [0.2, 0.25) is 0 Å². The Morgan fingerprint density at radius 3 is 2.54 bits per heavy atom. The fraction of sp³-hybridized carbons (Fsp3) is 0.565. The van der Waals surface area contributed by atoms with Crippen LogP contribution in [0.25, 0.3) is 11.1 Å². The first-order valence-electron chi connectivity index (χ1n) is 10.7. The van der Waals surface area contributed by atoms with E-state index in [1.165, 1.54) is 62.7 Å². The maximum atomic E-state index is 11.9. The zero-order valence-electron chi connectivity index (χ0n) is 17.0. The highest BCUT2D eigenvalue weighted by molar-refractivity contribution is 5.98.